The van der Waals surface area contributed by atoms with Crippen LogP contribution in [0, 0.1) is 6.92 Å². The maximum atomic E-state index is 12.6. The fraction of sp³-hybridized carbons (Fsp3) is 0.435. The van der Waals surface area contributed by atoms with Gasteiger partial charge in [-0.2, -0.15) is 0 Å². The summed E-state index contributed by atoms with van der Waals surface area (Å²) in [5.74, 6) is -0.0172. The number of nitrogens with zero attached hydrogens (tertiary/aromatic N) is 1. The molecule has 1 aromatic heterocycles. The van der Waals surface area contributed by atoms with E-state index in [9.17, 15) is 14.4 Å². The predicted molar refractivity (Wildman–Crippen MR) is 112 cm³/mol. The molecule has 1 heterocycles. The number of amides is 1. The highest BCUT2D eigenvalue weighted by Crippen LogP contribution is 2.33. The average molecular weight is 398 g/mol. The molecule has 3 rings (SSSR count). The summed E-state index contributed by atoms with van der Waals surface area (Å²) in [4.78, 5) is 40.5. The molecule has 28 heavy (non-hydrogen) atoms. The maximum Gasteiger partial charge on any atom is 0.223 e. The number of benzene rings is 1. The van der Waals surface area contributed by atoms with Crippen molar-refractivity contribution in [1.29, 1.82) is 0 Å². The lowest BCUT2D eigenvalue weighted by Gasteiger charge is -2.33. The van der Waals surface area contributed by atoms with Gasteiger partial charge in [-0.05, 0) is 49.4 Å². The van der Waals surface area contributed by atoms with Crippen LogP contribution in [0.1, 0.15) is 70.2 Å². The Bertz CT molecular complexity index is 870. The van der Waals surface area contributed by atoms with Gasteiger partial charge in [0.15, 0.2) is 5.78 Å². The van der Waals surface area contributed by atoms with Crippen LogP contribution < -0.4 is 0 Å². The van der Waals surface area contributed by atoms with Gasteiger partial charge in [0.25, 0.3) is 0 Å². The number of carbonyl (C=O) groups is 3. The zero-order valence-corrected chi connectivity index (χ0v) is 17.4. The van der Waals surface area contributed by atoms with E-state index in [-0.39, 0.29) is 49.2 Å². The molecule has 0 saturated heterocycles. The first-order valence-corrected chi connectivity index (χ1v) is 10.7. The molecule has 1 amide bonds. The van der Waals surface area contributed by atoms with Crippen molar-refractivity contribution in [1.82, 2.24) is 4.90 Å². The van der Waals surface area contributed by atoms with Crippen LogP contribution in [0.3, 0.4) is 0 Å². The number of hydrogen-bond acceptors (Lipinski definition) is 4. The van der Waals surface area contributed by atoms with Crippen LogP contribution in [0.5, 0.6) is 0 Å². The van der Waals surface area contributed by atoms with Gasteiger partial charge in [0, 0.05) is 37.6 Å². The van der Waals surface area contributed by atoms with Gasteiger partial charge in [0.05, 0.1) is 10.9 Å². The van der Waals surface area contributed by atoms with E-state index in [1.165, 1.54) is 22.5 Å². The van der Waals surface area contributed by atoms with Crippen molar-refractivity contribution in [3.8, 4) is 0 Å². The Labute approximate surface area is 170 Å². The van der Waals surface area contributed by atoms with Gasteiger partial charge in [-0.3, -0.25) is 14.4 Å². The van der Waals surface area contributed by atoms with Crippen molar-refractivity contribution in [3.05, 3.63) is 57.3 Å². The molecule has 1 aliphatic carbocycles. The second-order valence-electron chi connectivity index (χ2n) is 7.48. The quantitative estimate of drug-likeness (QED) is 0.595. The highest BCUT2D eigenvalue weighted by atomic mass is 32.1. The van der Waals surface area contributed by atoms with Gasteiger partial charge in [-0.1, -0.05) is 24.3 Å². The molecule has 1 atom stereocenters. The molecule has 0 bridgehead atoms. The minimum absolute atomic E-state index is 0.00439. The van der Waals surface area contributed by atoms with Crippen molar-refractivity contribution in [2.75, 3.05) is 7.05 Å². The highest BCUT2D eigenvalue weighted by Gasteiger charge is 2.26. The Morgan fingerprint density at radius 2 is 1.79 bits per heavy atom. The minimum Gasteiger partial charge on any atom is -0.339 e. The number of carbonyl (C=O) groups excluding carboxylic acids is 3. The molecule has 4 nitrogen and oxygen atoms in total. The molecule has 0 N–H and O–H groups in total. The number of rotatable bonds is 8. The third kappa shape index (κ3) is 4.96. The Balaban J connectivity index is 1.47. The first kappa shape index (κ1) is 20.5. The van der Waals surface area contributed by atoms with E-state index in [1.54, 1.807) is 4.90 Å². The minimum atomic E-state index is -0.0209. The fourth-order valence-corrected chi connectivity index (χ4v) is 4.65. The smallest absolute Gasteiger partial charge is 0.223 e. The average Bonchev–Trinajstić information content (AvgIpc) is 3.15. The topological polar surface area (TPSA) is 54.5 Å². The third-order valence-corrected chi connectivity index (χ3v) is 6.50. The lowest BCUT2D eigenvalue weighted by Crippen LogP contribution is -2.33. The fourth-order valence-electron chi connectivity index (χ4n) is 3.81. The van der Waals surface area contributed by atoms with Crippen LogP contribution in [0.25, 0.3) is 0 Å². The monoisotopic (exact) mass is 397 g/mol. The van der Waals surface area contributed by atoms with Gasteiger partial charge < -0.3 is 4.90 Å². The summed E-state index contributed by atoms with van der Waals surface area (Å²) in [5, 5.41) is 0. The lowest BCUT2D eigenvalue weighted by molar-refractivity contribution is -0.134. The summed E-state index contributed by atoms with van der Waals surface area (Å²) in [6.07, 6.45) is 3.93. The zero-order valence-electron chi connectivity index (χ0n) is 16.6. The number of Topliss-reactive ketones (excluding diaryl/α,β-unsaturated/α-hetero) is 2. The van der Waals surface area contributed by atoms with Crippen LogP contribution in [-0.4, -0.2) is 29.4 Å². The number of aryl methyl sites for hydroxylation is 2. The lowest BCUT2D eigenvalue weighted by atomic mass is 9.87. The summed E-state index contributed by atoms with van der Waals surface area (Å²) in [7, 11) is 1.84. The van der Waals surface area contributed by atoms with E-state index >= 15 is 0 Å². The predicted octanol–water partition coefficient (Wildman–Crippen LogP) is 4.90. The molecule has 0 fully saturated rings. The van der Waals surface area contributed by atoms with E-state index in [0.717, 1.165) is 24.1 Å². The van der Waals surface area contributed by atoms with Gasteiger partial charge in [-0.15, -0.1) is 11.3 Å². The molecule has 1 aromatic carbocycles. The van der Waals surface area contributed by atoms with Crippen molar-refractivity contribution >= 4 is 28.8 Å². The second kappa shape index (κ2) is 9.28. The Hall–Kier alpha value is -2.27. The number of fused-ring (bicyclic) bond motifs is 1. The third-order valence-electron chi connectivity index (χ3n) is 5.46. The molecule has 0 aliphatic heterocycles. The normalized spacial score (nSPS) is 15.7. The van der Waals surface area contributed by atoms with E-state index in [1.807, 2.05) is 38.2 Å². The van der Waals surface area contributed by atoms with Gasteiger partial charge in [0.2, 0.25) is 5.91 Å². The summed E-state index contributed by atoms with van der Waals surface area (Å²) < 4.78 is 0. The molecule has 0 radical (unpaired) electrons. The van der Waals surface area contributed by atoms with Gasteiger partial charge in [-0.25, -0.2) is 0 Å². The van der Waals surface area contributed by atoms with Crippen LogP contribution in [0.4, 0.5) is 0 Å². The summed E-state index contributed by atoms with van der Waals surface area (Å²) in [5.41, 5.74) is 2.55. The summed E-state index contributed by atoms with van der Waals surface area (Å²) in [6, 6.07) is 12.1. The standard InChI is InChI=1S/C23H27NO3S/c1-16-10-14-22(28-16)21(26)13-11-18(25)12-15-23(27)24(2)20-9-5-7-17-6-3-4-8-19(17)20/h3-4,6,8,10,14,20H,5,7,9,11-13,15H2,1-2H3/t20-/m1/s1. The molecular weight excluding hydrogens is 370 g/mol. The largest absolute Gasteiger partial charge is 0.339 e. The first-order valence-electron chi connectivity index (χ1n) is 9.90. The van der Waals surface area contributed by atoms with Crippen LogP contribution in [0.15, 0.2) is 36.4 Å². The van der Waals surface area contributed by atoms with Crippen LogP contribution >= 0.6 is 11.3 Å². The highest BCUT2D eigenvalue weighted by molar-refractivity contribution is 7.14. The van der Waals surface area contributed by atoms with Crippen molar-refractivity contribution in [2.45, 2.75) is 57.9 Å². The molecule has 2 aromatic rings. The van der Waals surface area contributed by atoms with E-state index in [0.29, 0.717) is 4.88 Å². The number of ketones is 2. The second-order valence-corrected chi connectivity index (χ2v) is 8.77. The van der Waals surface area contributed by atoms with Crippen molar-refractivity contribution < 1.29 is 14.4 Å². The Morgan fingerprint density at radius 1 is 1.04 bits per heavy atom. The van der Waals surface area contributed by atoms with Crippen molar-refractivity contribution in [3.63, 3.8) is 0 Å². The van der Waals surface area contributed by atoms with Crippen molar-refractivity contribution in [2.24, 2.45) is 0 Å². The van der Waals surface area contributed by atoms with Crippen LogP contribution in [0.2, 0.25) is 0 Å². The molecule has 0 saturated carbocycles. The van der Waals surface area contributed by atoms with Gasteiger partial charge >= 0.3 is 0 Å². The maximum absolute atomic E-state index is 12.6. The van der Waals surface area contributed by atoms with E-state index in [4.69, 9.17) is 0 Å². The summed E-state index contributed by atoms with van der Waals surface area (Å²) in [6.45, 7) is 1.96. The molecule has 148 valence electrons. The molecule has 5 heteroatoms. The van der Waals surface area contributed by atoms with Gasteiger partial charge in [0.1, 0.15) is 5.78 Å². The molecular formula is C23H27NO3S. The number of hydrogen-bond donors (Lipinski definition) is 0. The zero-order chi connectivity index (χ0) is 20.1. The Morgan fingerprint density at radius 3 is 2.54 bits per heavy atom. The van der Waals surface area contributed by atoms with E-state index in [2.05, 4.69) is 12.1 Å². The Kier molecular flexibility index (Phi) is 6.79. The molecule has 0 unspecified atom stereocenters. The number of thiophene rings is 1. The van der Waals surface area contributed by atoms with E-state index < -0.39 is 0 Å². The summed E-state index contributed by atoms with van der Waals surface area (Å²) >= 11 is 1.46. The first-order chi connectivity index (χ1) is 13.5. The molecule has 1 aliphatic rings. The molecule has 0 spiro atoms. The van der Waals surface area contributed by atoms with Crippen LogP contribution in [-0.2, 0) is 16.0 Å². The SMILES string of the molecule is Cc1ccc(C(=O)CCC(=O)CCC(=O)N(C)[C@@H]2CCCc3ccccc32)s1.